The Kier molecular flexibility index (Phi) is 16.9. The standard InChI is InChI=1S/C27H29S.C3H4.C2H6.CH4/c1-4-5-9-23(3)20-24-14-18-27(19-15-24)28(21-25-10-7-6-8-11-25)26-16-12-22(2)13-17-26;1-3-2;1-2;/h5-19H,3-4,20-21H2,1-2H3;1H,2H3;1-2H3;1H4/q+1;;;/b9-5-;;;. The van der Waals surface area contributed by atoms with Gasteiger partial charge in [0, 0.05) is 5.56 Å². The maximum absolute atomic E-state index is 4.60. The summed E-state index contributed by atoms with van der Waals surface area (Å²) in [5.41, 5.74) is 5.17. The molecule has 0 aliphatic heterocycles. The highest BCUT2D eigenvalue weighted by Gasteiger charge is 2.25. The van der Waals surface area contributed by atoms with E-state index in [4.69, 9.17) is 0 Å². The molecule has 34 heavy (non-hydrogen) atoms. The molecule has 3 aromatic rings. The van der Waals surface area contributed by atoms with E-state index in [0.29, 0.717) is 0 Å². The van der Waals surface area contributed by atoms with Crippen LogP contribution in [0.4, 0.5) is 0 Å². The van der Waals surface area contributed by atoms with E-state index in [1.807, 2.05) is 13.8 Å². The first-order chi connectivity index (χ1) is 16.1. The smallest absolute Gasteiger partial charge is 0.120 e. The van der Waals surface area contributed by atoms with E-state index in [1.54, 1.807) is 6.92 Å². The summed E-state index contributed by atoms with van der Waals surface area (Å²) in [6.07, 6.45) is 10.9. The Balaban J connectivity index is 0.00000168. The number of aryl methyl sites for hydroxylation is 1. The van der Waals surface area contributed by atoms with Crippen LogP contribution in [0.15, 0.2) is 113 Å². The lowest BCUT2D eigenvalue weighted by Gasteiger charge is -2.10. The Hall–Kier alpha value is -2.95. The molecule has 0 amide bonds. The van der Waals surface area contributed by atoms with Gasteiger partial charge in [-0.1, -0.05) is 113 Å². The maximum atomic E-state index is 4.60. The normalized spacial score (nSPS) is 10.5. The van der Waals surface area contributed by atoms with E-state index >= 15 is 0 Å². The first-order valence-electron chi connectivity index (χ1n) is 11.7. The lowest BCUT2D eigenvalue weighted by atomic mass is 10.1. The van der Waals surface area contributed by atoms with E-state index in [0.717, 1.165) is 24.2 Å². The van der Waals surface area contributed by atoms with Crippen molar-refractivity contribution in [3.8, 4) is 12.3 Å². The highest BCUT2D eigenvalue weighted by atomic mass is 32.2. The average Bonchev–Trinajstić information content (AvgIpc) is 2.85. The molecular weight excluding hydrogens is 428 g/mol. The van der Waals surface area contributed by atoms with Crippen molar-refractivity contribution in [2.75, 3.05) is 0 Å². The van der Waals surface area contributed by atoms with E-state index < -0.39 is 0 Å². The predicted molar refractivity (Wildman–Crippen MR) is 157 cm³/mol. The molecule has 0 N–H and O–H groups in total. The van der Waals surface area contributed by atoms with Crippen LogP contribution in [-0.4, -0.2) is 0 Å². The molecule has 3 aromatic carbocycles. The van der Waals surface area contributed by atoms with Crippen molar-refractivity contribution in [2.24, 2.45) is 0 Å². The van der Waals surface area contributed by atoms with Gasteiger partial charge in [0.1, 0.15) is 5.75 Å². The van der Waals surface area contributed by atoms with E-state index in [-0.39, 0.29) is 18.3 Å². The monoisotopic (exact) mass is 471 g/mol. The van der Waals surface area contributed by atoms with Gasteiger partial charge in [-0.05, 0) is 56.5 Å². The van der Waals surface area contributed by atoms with Crippen LogP contribution < -0.4 is 0 Å². The Labute approximate surface area is 213 Å². The number of benzene rings is 3. The van der Waals surface area contributed by atoms with Gasteiger partial charge in [-0.15, -0.1) is 12.3 Å². The van der Waals surface area contributed by atoms with Gasteiger partial charge in [-0.2, -0.15) is 0 Å². The van der Waals surface area contributed by atoms with Crippen LogP contribution in [0.5, 0.6) is 0 Å². The molecule has 0 radical (unpaired) electrons. The molecule has 0 spiro atoms. The van der Waals surface area contributed by atoms with Crippen molar-refractivity contribution in [1.82, 2.24) is 0 Å². The van der Waals surface area contributed by atoms with Gasteiger partial charge in [-0.25, -0.2) is 0 Å². The predicted octanol–water partition coefficient (Wildman–Crippen LogP) is 9.60. The largest absolute Gasteiger partial charge is 0.161 e. The van der Waals surface area contributed by atoms with Crippen molar-refractivity contribution in [1.29, 1.82) is 0 Å². The van der Waals surface area contributed by atoms with Crippen LogP contribution in [-0.2, 0) is 23.1 Å². The maximum Gasteiger partial charge on any atom is 0.161 e. The Bertz CT molecular complexity index is 987. The van der Waals surface area contributed by atoms with Gasteiger partial charge in [0.05, 0.1) is 10.9 Å². The van der Waals surface area contributed by atoms with Gasteiger partial charge < -0.3 is 0 Å². The second-order valence-corrected chi connectivity index (χ2v) is 9.42. The molecular formula is C33H43S+. The summed E-state index contributed by atoms with van der Waals surface area (Å²) in [6.45, 7) is 14.1. The molecule has 1 unspecified atom stereocenters. The summed E-state index contributed by atoms with van der Waals surface area (Å²) >= 11 is 0. The molecule has 0 saturated heterocycles. The van der Waals surface area contributed by atoms with Gasteiger partial charge in [0.2, 0.25) is 0 Å². The third kappa shape index (κ3) is 11.3. The first kappa shape index (κ1) is 31.0. The second kappa shape index (κ2) is 18.5. The highest BCUT2D eigenvalue weighted by Crippen LogP contribution is 2.28. The second-order valence-electron chi connectivity index (χ2n) is 7.41. The van der Waals surface area contributed by atoms with Crippen LogP contribution in [0, 0.1) is 19.3 Å². The summed E-state index contributed by atoms with van der Waals surface area (Å²) in [6, 6.07) is 28.9. The van der Waals surface area contributed by atoms with Gasteiger partial charge in [0.15, 0.2) is 9.79 Å². The number of rotatable bonds is 8. The summed E-state index contributed by atoms with van der Waals surface area (Å²) < 4.78 is 0. The molecule has 0 aromatic heterocycles. The number of allylic oxidation sites excluding steroid dienone is 3. The lowest BCUT2D eigenvalue weighted by molar-refractivity contribution is 1.16. The van der Waals surface area contributed by atoms with Crippen molar-refractivity contribution < 1.29 is 0 Å². The minimum Gasteiger partial charge on any atom is -0.120 e. The summed E-state index contributed by atoms with van der Waals surface area (Å²) in [5, 5.41) is 0. The van der Waals surface area contributed by atoms with Gasteiger partial charge in [-0.3, -0.25) is 0 Å². The summed E-state index contributed by atoms with van der Waals surface area (Å²) in [4.78, 5) is 2.80. The zero-order valence-electron chi connectivity index (χ0n) is 21.0. The van der Waals surface area contributed by atoms with Crippen molar-refractivity contribution in [3.05, 3.63) is 120 Å². The van der Waals surface area contributed by atoms with Crippen LogP contribution >= 0.6 is 0 Å². The number of hydrogen-bond acceptors (Lipinski definition) is 0. The molecule has 3 rings (SSSR count). The molecule has 0 fully saturated rings. The summed E-state index contributed by atoms with van der Waals surface area (Å²) in [7, 11) is 0.0273. The SMILES string of the molecule is C.C#CC.C=C(/C=C\CC)Cc1ccc([S+](Cc2ccccc2)c2ccc(C)cc2)cc1.CC. The van der Waals surface area contributed by atoms with Crippen LogP contribution in [0.2, 0.25) is 0 Å². The van der Waals surface area contributed by atoms with Crippen molar-refractivity contribution in [3.63, 3.8) is 0 Å². The average molecular weight is 472 g/mol. The molecule has 1 atom stereocenters. The number of terminal acetylenes is 1. The van der Waals surface area contributed by atoms with Crippen LogP contribution in [0.3, 0.4) is 0 Å². The third-order valence-electron chi connectivity index (χ3n) is 4.69. The quantitative estimate of drug-likeness (QED) is 0.174. The fourth-order valence-corrected chi connectivity index (χ4v) is 5.18. The van der Waals surface area contributed by atoms with Gasteiger partial charge >= 0.3 is 0 Å². The summed E-state index contributed by atoms with van der Waals surface area (Å²) in [5.74, 6) is 3.29. The van der Waals surface area contributed by atoms with E-state index in [2.05, 4.69) is 124 Å². The highest BCUT2D eigenvalue weighted by molar-refractivity contribution is 7.96. The number of hydrogen-bond donors (Lipinski definition) is 0. The fraction of sp³-hybridized carbons (Fsp3) is 0.273. The molecule has 0 saturated carbocycles. The Morgan fingerprint density at radius 2 is 1.38 bits per heavy atom. The molecule has 0 heterocycles. The topological polar surface area (TPSA) is 0 Å². The molecule has 180 valence electrons. The van der Waals surface area contributed by atoms with Crippen LogP contribution in [0.1, 0.15) is 58.2 Å². The zero-order valence-corrected chi connectivity index (χ0v) is 21.8. The molecule has 0 aliphatic rings. The van der Waals surface area contributed by atoms with Crippen LogP contribution in [0.25, 0.3) is 0 Å². The van der Waals surface area contributed by atoms with Gasteiger partial charge in [0.25, 0.3) is 0 Å². The zero-order chi connectivity index (χ0) is 24.5. The minimum atomic E-state index is 0. The van der Waals surface area contributed by atoms with E-state index in [9.17, 15) is 0 Å². The molecule has 0 aliphatic carbocycles. The fourth-order valence-electron chi connectivity index (χ4n) is 3.12. The van der Waals surface area contributed by atoms with E-state index in [1.165, 1.54) is 26.5 Å². The van der Waals surface area contributed by atoms with Crippen molar-refractivity contribution >= 4 is 10.9 Å². The third-order valence-corrected chi connectivity index (χ3v) is 6.99. The molecule has 0 nitrogen and oxygen atoms in total. The minimum absolute atomic E-state index is 0. The Morgan fingerprint density at radius 3 is 1.88 bits per heavy atom. The van der Waals surface area contributed by atoms with Crippen molar-refractivity contribution in [2.45, 2.75) is 70.4 Å². The molecule has 0 bridgehead atoms. The lowest BCUT2D eigenvalue weighted by Crippen LogP contribution is -2.07. The molecule has 1 heteroatoms. The Morgan fingerprint density at radius 1 is 0.882 bits per heavy atom. The first-order valence-corrected chi connectivity index (χ1v) is 13.1.